The Labute approximate surface area is 167 Å². The fourth-order valence-corrected chi connectivity index (χ4v) is 5.69. The van der Waals surface area contributed by atoms with Gasteiger partial charge in [-0.2, -0.15) is 4.31 Å². The number of rotatable bonds is 5. The molecule has 1 fully saturated rings. The molecular weight excluding hydrogens is 372 g/mol. The standard InChI is InChI=1S/C22H26N2O3S/c1-17-9-11-18(12-10-17)28(26,27)23(2)15-16-24-20-8-4-3-7-19(20)22(21(24)25)13-5-6-14-22/h3-4,7-12H,5-6,13-16H2,1-2H3. The van der Waals surface area contributed by atoms with Crippen LogP contribution in [0.2, 0.25) is 0 Å². The van der Waals surface area contributed by atoms with Crippen molar-refractivity contribution in [2.24, 2.45) is 0 Å². The number of carbonyl (C=O) groups excluding carboxylic acids is 1. The molecule has 1 heterocycles. The highest BCUT2D eigenvalue weighted by Gasteiger charge is 2.51. The van der Waals surface area contributed by atoms with E-state index in [1.54, 1.807) is 36.2 Å². The van der Waals surface area contributed by atoms with Crippen LogP contribution in [0.3, 0.4) is 0 Å². The Hall–Kier alpha value is -2.18. The molecule has 0 bridgehead atoms. The summed E-state index contributed by atoms with van der Waals surface area (Å²) in [6.07, 6.45) is 3.90. The molecule has 0 aromatic heterocycles. The highest BCUT2D eigenvalue weighted by molar-refractivity contribution is 7.89. The first-order valence-corrected chi connectivity index (χ1v) is 11.2. The average molecular weight is 399 g/mol. The van der Waals surface area contributed by atoms with Crippen molar-refractivity contribution in [3.8, 4) is 0 Å². The van der Waals surface area contributed by atoms with E-state index in [0.29, 0.717) is 6.54 Å². The van der Waals surface area contributed by atoms with Crippen LogP contribution >= 0.6 is 0 Å². The van der Waals surface area contributed by atoms with Crippen LogP contribution in [0.1, 0.15) is 36.8 Å². The lowest BCUT2D eigenvalue weighted by molar-refractivity contribution is -0.123. The zero-order chi connectivity index (χ0) is 19.9. The summed E-state index contributed by atoms with van der Waals surface area (Å²) in [5, 5.41) is 0. The summed E-state index contributed by atoms with van der Waals surface area (Å²) >= 11 is 0. The van der Waals surface area contributed by atoms with Crippen LogP contribution < -0.4 is 4.90 Å². The molecule has 6 heteroatoms. The fourth-order valence-electron chi connectivity index (χ4n) is 4.53. The monoisotopic (exact) mass is 398 g/mol. The van der Waals surface area contributed by atoms with Crippen LogP contribution in [-0.2, 0) is 20.2 Å². The highest BCUT2D eigenvalue weighted by Crippen LogP contribution is 2.51. The van der Waals surface area contributed by atoms with Crippen LogP contribution in [-0.4, -0.2) is 38.8 Å². The molecule has 0 saturated heterocycles. The van der Waals surface area contributed by atoms with E-state index < -0.39 is 15.4 Å². The zero-order valence-corrected chi connectivity index (χ0v) is 17.2. The minimum atomic E-state index is -3.57. The molecule has 0 atom stereocenters. The average Bonchev–Trinajstić information content (AvgIpc) is 3.27. The second-order valence-corrected chi connectivity index (χ2v) is 9.95. The van der Waals surface area contributed by atoms with Crippen molar-refractivity contribution in [1.29, 1.82) is 0 Å². The van der Waals surface area contributed by atoms with E-state index in [-0.39, 0.29) is 17.3 Å². The Bertz CT molecular complexity index is 993. The Balaban J connectivity index is 1.55. The SMILES string of the molecule is Cc1ccc(S(=O)(=O)N(C)CCN2C(=O)C3(CCCC3)c3ccccc32)cc1. The summed E-state index contributed by atoms with van der Waals surface area (Å²) in [4.78, 5) is 15.4. The first kappa shape index (κ1) is 19.2. The maximum atomic E-state index is 13.3. The number of anilines is 1. The summed E-state index contributed by atoms with van der Waals surface area (Å²) in [7, 11) is -2.00. The number of amides is 1. The second kappa shape index (κ2) is 7.01. The number of aryl methyl sites for hydroxylation is 1. The molecule has 0 N–H and O–H groups in total. The molecule has 1 saturated carbocycles. The van der Waals surface area contributed by atoms with Crippen LogP contribution in [0.5, 0.6) is 0 Å². The number of likely N-dealkylation sites (N-methyl/N-ethyl adjacent to an activating group) is 1. The van der Waals surface area contributed by atoms with Crippen LogP contribution in [0, 0.1) is 6.92 Å². The third kappa shape index (κ3) is 2.95. The largest absolute Gasteiger partial charge is 0.310 e. The zero-order valence-electron chi connectivity index (χ0n) is 16.4. The van der Waals surface area contributed by atoms with Crippen molar-refractivity contribution in [3.05, 3.63) is 59.7 Å². The van der Waals surface area contributed by atoms with E-state index in [4.69, 9.17) is 0 Å². The summed E-state index contributed by atoms with van der Waals surface area (Å²) < 4.78 is 27.0. The van der Waals surface area contributed by atoms with E-state index in [1.165, 1.54) is 4.31 Å². The van der Waals surface area contributed by atoms with Crippen molar-refractivity contribution in [1.82, 2.24) is 4.31 Å². The van der Waals surface area contributed by atoms with Crippen molar-refractivity contribution >= 4 is 21.6 Å². The number of sulfonamides is 1. The van der Waals surface area contributed by atoms with Crippen molar-refractivity contribution < 1.29 is 13.2 Å². The highest BCUT2D eigenvalue weighted by atomic mass is 32.2. The number of nitrogens with zero attached hydrogens (tertiary/aromatic N) is 2. The number of para-hydroxylation sites is 1. The molecule has 4 rings (SSSR count). The van der Waals surface area contributed by atoms with Gasteiger partial charge in [0, 0.05) is 25.8 Å². The Morgan fingerprint density at radius 2 is 1.68 bits per heavy atom. The van der Waals surface area contributed by atoms with Gasteiger partial charge in [-0.15, -0.1) is 0 Å². The number of fused-ring (bicyclic) bond motifs is 2. The first-order valence-electron chi connectivity index (χ1n) is 9.81. The Morgan fingerprint density at radius 3 is 2.36 bits per heavy atom. The maximum absolute atomic E-state index is 13.3. The predicted octanol–water partition coefficient (Wildman–Crippen LogP) is 3.47. The van der Waals surface area contributed by atoms with Gasteiger partial charge in [-0.25, -0.2) is 8.42 Å². The molecule has 1 spiro atoms. The topological polar surface area (TPSA) is 57.7 Å². The lowest BCUT2D eigenvalue weighted by Crippen LogP contribution is -2.42. The third-order valence-electron chi connectivity index (χ3n) is 6.19. The normalized spacial score (nSPS) is 18.2. The number of carbonyl (C=O) groups is 1. The minimum absolute atomic E-state index is 0.132. The predicted molar refractivity (Wildman–Crippen MR) is 110 cm³/mol. The van der Waals surface area contributed by atoms with Gasteiger partial charge in [0.05, 0.1) is 10.3 Å². The van der Waals surface area contributed by atoms with Crippen molar-refractivity contribution in [2.45, 2.75) is 42.9 Å². The second-order valence-electron chi connectivity index (χ2n) is 7.90. The van der Waals surface area contributed by atoms with Gasteiger partial charge in [-0.3, -0.25) is 4.79 Å². The van der Waals surface area contributed by atoms with Crippen LogP contribution in [0.25, 0.3) is 0 Å². The summed E-state index contributed by atoms with van der Waals surface area (Å²) in [5.74, 6) is 0.132. The van der Waals surface area contributed by atoms with Gasteiger partial charge in [-0.05, 0) is 43.5 Å². The maximum Gasteiger partial charge on any atom is 0.242 e. The van der Waals surface area contributed by atoms with Gasteiger partial charge in [0.15, 0.2) is 0 Å². The van der Waals surface area contributed by atoms with Gasteiger partial charge in [-0.1, -0.05) is 48.7 Å². The van der Waals surface area contributed by atoms with Crippen LogP contribution in [0.15, 0.2) is 53.4 Å². The van der Waals surface area contributed by atoms with Crippen molar-refractivity contribution in [2.75, 3.05) is 25.0 Å². The van der Waals surface area contributed by atoms with Gasteiger partial charge in [0.25, 0.3) is 0 Å². The lowest BCUT2D eigenvalue weighted by Gasteiger charge is -2.25. The van der Waals surface area contributed by atoms with Crippen LogP contribution in [0.4, 0.5) is 5.69 Å². The van der Waals surface area contributed by atoms with Gasteiger partial charge in [0.1, 0.15) is 0 Å². The Kier molecular flexibility index (Phi) is 4.79. The third-order valence-corrected chi connectivity index (χ3v) is 8.06. The smallest absolute Gasteiger partial charge is 0.242 e. The molecule has 1 aliphatic carbocycles. The quantitative estimate of drug-likeness (QED) is 0.775. The van der Waals surface area contributed by atoms with E-state index in [9.17, 15) is 13.2 Å². The molecule has 2 aliphatic rings. The van der Waals surface area contributed by atoms with E-state index in [0.717, 1.165) is 42.5 Å². The molecule has 0 radical (unpaired) electrons. The molecule has 28 heavy (non-hydrogen) atoms. The molecule has 2 aromatic carbocycles. The van der Waals surface area contributed by atoms with E-state index in [1.807, 2.05) is 25.1 Å². The molecule has 2 aromatic rings. The van der Waals surface area contributed by atoms with Gasteiger partial charge < -0.3 is 4.90 Å². The molecule has 148 valence electrons. The Morgan fingerprint density at radius 1 is 1.04 bits per heavy atom. The summed E-state index contributed by atoms with van der Waals surface area (Å²) in [5.41, 5.74) is 2.67. The minimum Gasteiger partial charge on any atom is -0.310 e. The fraction of sp³-hybridized carbons (Fsp3) is 0.409. The number of hydrogen-bond donors (Lipinski definition) is 0. The number of benzene rings is 2. The summed E-state index contributed by atoms with van der Waals surface area (Å²) in [6.45, 7) is 2.54. The summed E-state index contributed by atoms with van der Waals surface area (Å²) in [6, 6.07) is 14.8. The molecular formula is C22H26N2O3S. The van der Waals surface area contributed by atoms with Gasteiger partial charge in [0.2, 0.25) is 15.9 Å². The first-order chi connectivity index (χ1) is 13.4. The van der Waals surface area contributed by atoms with E-state index in [2.05, 4.69) is 6.07 Å². The number of hydrogen-bond acceptors (Lipinski definition) is 3. The molecule has 5 nitrogen and oxygen atoms in total. The van der Waals surface area contributed by atoms with E-state index >= 15 is 0 Å². The molecule has 1 amide bonds. The van der Waals surface area contributed by atoms with Crippen molar-refractivity contribution in [3.63, 3.8) is 0 Å². The molecule has 1 aliphatic heterocycles. The lowest BCUT2D eigenvalue weighted by atomic mass is 9.80. The van der Waals surface area contributed by atoms with Gasteiger partial charge >= 0.3 is 0 Å². The molecule has 0 unspecified atom stereocenters.